The van der Waals surface area contributed by atoms with Crippen LogP contribution in [0.5, 0.6) is 0 Å². The van der Waals surface area contributed by atoms with Gasteiger partial charge in [0.25, 0.3) is 0 Å². The third kappa shape index (κ3) is 2.51. The van der Waals surface area contributed by atoms with E-state index < -0.39 is 0 Å². The van der Waals surface area contributed by atoms with E-state index >= 15 is 0 Å². The second kappa shape index (κ2) is 3.76. The molecule has 2 rings (SSSR count). The Morgan fingerprint density at radius 3 is 2.38 bits per heavy atom. The highest BCUT2D eigenvalue weighted by atomic mass is 16.1. The first-order chi connectivity index (χ1) is 6.25. The van der Waals surface area contributed by atoms with Gasteiger partial charge in [-0.25, -0.2) is 0 Å². The molecule has 0 aromatic carbocycles. The first-order valence-corrected chi connectivity index (χ1v) is 5.19. The summed E-state index contributed by atoms with van der Waals surface area (Å²) in [5.74, 6) is 0.907. The number of piperazine rings is 1. The highest BCUT2D eigenvalue weighted by Gasteiger charge is 2.30. The van der Waals surface area contributed by atoms with Crippen molar-refractivity contribution in [3.8, 4) is 0 Å². The van der Waals surface area contributed by atoms with Crippen molar-refractivity contribution in [1.29, 1.82) is 0 Å². The maximum atomic E-state index is 11.5. The number of likely N-dealkylation sites (N-methyl/N-ethyl adjacent to an activating group) is 1. The van der Waals surface area contributed by atoms with Crippen LogP contribution in [-0.2, 0) is 4.79 Å². The molecule has 0 atom stereocenters. The van der Waals surface area contributed by atoms with E-state index in [1.165, 1.54) is 0 Å². The molecule has 0 aromatic rings. The monoisotopic (exact) mass is 182 g/mol. The number of carbonyl (C=O) groups is 1. The molecule has 74 valence electrons. The second-order valence-corrected chi connectivity index (χ2v) is 4.32. The van der Waals surface area contributed by atoms with Gasteiger partial charge in [0.05, 0.1) is 6.54 Å². The highest BCUT2D eigenvalue weighted by Crippen LogP contribution is 2.29. The van der Waals surface area contributed by atoms with E-state index in [9.17, 15) is 4.79 Å². The molecule has 0 amide bonds. The van der Waals surface area contributed by atoms with Crippen LogP contribution < -0.4 is 0 Å². The summed E-state index contributed by atoms with van der Waals surface area (Å²) in [6.45, 7) is 5.05. The predicted molar refractivity (Wildman–Crippen MR) is 51.7 cm³/mol. The molecule has 1 heterocycles. The Kier molecular flexibility index (Phi) is 2.65. The third-order valence-electron chi connectivity index (χ3n) is 3.01. The van der Waals surface area contributed by atoms with Gasteiger partial charge in [0.1, 0.15) is 5.78 Å². The molecule has 0 spiro atoms. The lowest BCUT2D eigenvalue weighted by Crippen LogP contribution is -2.46. The van der Waals surface area contributed by atoms with E-state index in [2.05, 4.69) is 16.8 Å². The smallest absolute Gasteiger partial charge is 0.149 e. The van der Waals surface area contributed by atoms with Crippen LogP contribution in [-0.4, -0.2) is 55.4 Å². The average molecular weight is 182 g/mol. The standard InChI is InChI=1S/C10H18N2O/c1-11-4-6-12(7-5-11)8-10(13)9-2-3-9/h9H,2-8H2,1H3. The van der Waals surface area contributed by atoms with Gasteiger partial charge in [-0.05, 0) is 19.9 Å². The summed E-state index contributed by atoms with van der Waals surface area (Å²) >= 11 is 0. The van der Waals surface area contributed by atoms with Gasteiger partial charge in [-0.3, -0.25) is 9.69 Å². The van der Waals surface area contributed by atoms with Crippen molar-refractivity contribution in [3.05, 3.63) is 0 Å². The van der Waals surface area contributed by atoms with E-state index in [-0.39, 0.29) is 0 Å². The fraction of sp³-hybridized carbons (Fsp3) is 0.900. The lowest BCUT2D eigenvalue weighted by molar-refractivity contribution is -0.121. The van der Waals surface area contributed by atoms with Crippen LogP contribution in [0.1, 0.15) is 12.8 Å². The zero-order valence-corrected chi connectivity index (χ0v) is 8.33. The quantitative estimate of drug-likeness (QED) is 0.623. The van der Waals surface area contributed by atoms with Crippen LogP contribution in [0, 0.1) is 5.92 Å². The molecule has 0 aromatic heterocycles. The van der Waals surface area contributed by atoms with Gasteiger partial charge in [-0.1, -0.05) is 0 Å². The molecule has 13 heavy (non-hydrogen) atoms. The molecular formula is C10H18N2O. The van der Waals surface area contributed by atoms with Crippen LogP contribution in [0.25, 0.3) is 0 Å². The first kappa shape index (κ1) is 9.16. The van der Waals surface area contributed by atoms with Crippen molar-refractivity contribution in [2.24, 2.45) is 5.92 Å². The number of Topliss-reactive ketones (excluding diaryl/α,β-unsaturated/α-hetero) is 1. The van der Waals surface area contributed by atoms with E-state index in [0.29, 0.717) is 18.2 Å². The van der Waals surface area contributed by atoms with Gasteiger partial charge in [-0.15, -0.1) is 0 Å². The van der Waals surface area contributed by atoms with Crippen molar-refractivity contribution in [2.75, 3.05) is 39.8 Å². The molecule has 3 heteroatoms. The molecule has 1 aliphatic carbocycles. The summed E-state index contributed by atoms with van der Waals surface area (Å²) in [5, 5.41) is 0. The molecule has 1 aliphatic heterocycles. The Balaban J connectivity index is 1.72. The van der Waals surface area contributed by atoms with Crippen molar-refractivity contribution < 1.29 is 4.79 Å². The Bertz CT molecular complexity index is 193. The summed E-state index contributed by atoms with van der Waals surface area (Å²) in [5.41, 5.74) is 0. The molecule has 2 aliphatic rings. The second-order valence-electron chi connectivity index (χ2n) is 4.32. The van der Waals surface area contributed by atoms with Gasteiger partial charge in [0, 0.05) is 32.1 Å². The molecule has 2 fully saturated rings. The predicted octanol–water partition coefficient (Wildman–Crippen LogP) is 0.213. The zero-order chi connectivity index (χ0) is 9.26. The molecule has 0 unspecified atom stereocenters. The molecule has 1 saturated heterocycles. The van der Waals surface area contributed by atoms with Gasteiger partial charge in [0.2, 0.25) is 0 Å². The minimum absolute atomic E-state index is 0.430. The molecule has 1 saturated carbocycles. The van der Waals surface area contributed by atoms with Crippen LogP contribution in [0.15, 0.2) is 0 Å². The van der Waals surface area contributed by atoms with Crippen LogP contribution >= 0.6 is 0 Å². The van der Waals surface area contributed by atoms with Gasteiger partial charge in [-0.2, -0.15) is 0 Å². The first-order valence-electron chi connectivity index (χ1n) is 5.19. The highest BCUT2D eigenvalue weighted by molar-refractivity contribution is 5.84. The van der Waals surface area contributed by atoms with Gasteiger partial charge in [0.15, 0.2) is 0 Å². The molecule has 0 N–H and O–H groups in total. The van der Waals surface area contributed by atoms with Crippen LogP contribution in [0.3, 0.4) is 0 Å². The fourth-order valence-electron chi connectivity index (χ4n) is 1.76. The number of ketones is 1. The van der Waals surface area contributed by atoms with Crippen molar-refractivity contribution in [3.63, 3.8) is 0 Å². The fourth-order valence-corrected chi connectivity index (χ4v) is 1.76. The van der Waals surface area contributed by atoms with Crippen LogP contribution in [0.2, 0.25) is 0 Å². The summed E-state index contributed by atoms with van der Waals surface area (Å²) in [6.07, 6.45) is 2.29. The van der Waals surface area contributed by atoms with E-state index in [4.69, 9.17) is 0 Å². The zero-order valence-electron chi connectivity index (χ0n) is 8.33. The Morgan fingerprint density at radius 2 is 1.85 bits per heavy atom. The minimum Gasteiger partial charge on any atom is -0.304 e. The van der Waals surface area contributed by atoms with Gasteiger partial charge < -0.3 is 4.90 Å². The Labute approximate surface area is 79.7 Å². The van der Waals surface area contributed by atoms with Crippen molar-refractivity contribution >= 4 is 5.78 Å². The maximum Gasteiger partial charge on any atom is 0.149 e. The normalized spacial score (nSPS) is 26.2. The Hall–Kier alpha value is -0.410. The summed E-state index contributed by atoms with van der Waals surface area (Å²) in [6, 6.07) is 0. The van der Waals surface area contributed by atoms with Gasteiger partial charge >= 0.3 is 0 Å². The summed E-state index contributed by atoms with van der Waals surface area (Å²) < 4.78 is 0. The molecule has 0 radical (unpaired) electrons. The number of hydrogen-bond acceptors (Lipinski definition) is 3. The van der Waals surface area contributed by atoms with E-state index in [1.54, 1.807) is 0 Å². The summed E-state index contributed by atoms with van der Waals surface area (Å²) in [4.78, 5) is 16.1. The van der Waals surface area contributed by atoms with Crippen molar-refractivity contribution in [2.45, 2.75) is 12.8 Å². The molecule has 3 nitrogen and oxygen atoms in total. The number of nitrogens with zero attached hydrogens (tertiary/aromatic N) is 2. The Morgan fingerprint density at radius 1 is 1.23 bits per heavy atom. The van der Waals surface area contributed by atoms with E-state index in [1.807, 2.05) is 0 Å². The molecular weight excluding hydrogens is 164 g/mol. The average Bonchev–Trinajstić information content (AvgIpc) is 2.91. The number of rotatable bonds is 3. The lowest BCUT2D eigenvalue weighted by Gasteiger charge is -2.31. The molecule has 0 bridgehead atoms. The topological polar surface area (TPSA) is 23.6 Å². The minimum atomic E-state index is 0.430. The number of hydrogen-bond donors (Lipinski definition) is 0. The summed E-state index contributed by atoms with van der Waals surface area (Å²) in [7, 11) is 2.14. The largest absolute Gasteiger partial charge is 0.304 e. The number of carbonyl (C=O) groups excluding carboxylic acids is 1. The SMILES string of the molecule is CN1CCN(CC(=O)C2CC2)CC1. The lowest BCUT2D eigenvalue weighted by atomic mass is 10.2. The van der Waals surface area contributed by atoms with Crippen molar-refractivity contribution in [1.82, 2.24) is 9.80 Å². The van der Waals surface area contributed by atoms with E-state index in [0.717, 1.165) is 39.0 Å². The third-order valence-corrected chi connectivity index (χ3v) is 3.01. The van der Waals surface area contributed by atoms with Crippen LogP contribution in [0.4, 0.5) is 0 Å². The maximum absolute atomic E-state index is 11.5.